The van der Waals surface area contributed by atoms with Crippen LogP contribution in [0.3, 0.4) is 0 Å². The molecule has 1 N–H and O–H groups in total. The highest BCUT2D eigenvalue weighted by atomic mass is 32.2. The molecule has 1 fully saturated rings. The number of benzene rings is 1. The Bertz CT molecular complexity index is 758. The summed E-state index contributed by atoms with van der Waals surface area (Å²) in [6.45, 7) is 1.36. The first-order chi connectivity index (χ1) is 11.6. The van der Waals surface area contributed by atoms with Crippen LogP contribution in [0.5, 0.6) is 5.75 Å². The minimum atomic E-state index is -0.227. The van der Waals surface area contributed by atoms with Crippen LogP contribution < -0.4 is 4.74 Å². The molecular weight excluding hydrogens is 328 g/mol. The van der Waals surface area contributed by atoms with Crippen molar-refractivity contribution in [1.29, 1.82) is 0 Å². The minimum absolute atomic E-state index is 0.00802. The van der Waals surface area contributed by atoms with Gasteiger partial charge in [-0.3, -0.25) is 9.59 Å². The van der Waals surface area contributed by atoms with Gasteiger partial charge in [-0.1, -0.05) is 0 Å². The number of amides is 1. The second kappa shape index (κ2) is 7.17. The summed E-state index contributed by atoms with van der Waals surface area (Å²) in [4.78, 5) is 28.9. The van der Waals surface area contributed by atoms with E-state index in [0.29, 0.717) is 24.5 Å². The fourth-order valence-corrected chi connectivity index (χ4v) is 3.86. The van der Waals surface area contributed by atoms with Crippen LogP contribution >= 0.6 is 11.8 Å². The quantitative estimate of drug-likeness (QED) is 0.840. The van der Waals surface area contributed by atoms with Crippen LogP contribution in [0, 0.1) is 0 Å². The number of hydrogen-bond donors (Lipinski definition) is 1. The number of ether oxygens (including phenoxy) is 2. The van der Waals surface area contributed by atoms with Crippen LogP contribution in [0.25, 0.3) is 10.9 Å². The predicted octanol–water partition coefficient (Wildman–Crippen LogP) is 2.30. The number of thioether (sulfide) groups is 1. The molecule has 1 aliphatic heterocycles. The first-order valence-corrected chi connectivity index (χ1v) is 8.80. The average molecular weight is 348 g/mol. The lowest BCUT2D eigenvalue weighted by Gasteiger charge is -2.15. The lowest BCUT2D eigenvalue weighted by molar-refractivity contribution is -0.137. The van der Waals surface area contributed by atoms with Crippen LogP contribution in [-0.4, -0.2) is 60.1 Å². The Balaban J connectivity index is 1.65. The third-order valence-corrected chi connectivity index (χ3v) is 5.42. The number of aromatic amines is 1. The number of methoxy groups -OCH3 is 2. The molecule has 1 aromatic heterocycles. The van der Waals surface area contributed by atoms with Crippen molar-refractivity contribution in [2.45, 2.75) is 11.7 Å². The van der Waals surface area contributed by atoms with E-state index in [4.69, 9.17) is 4.74 Å². The number of rotatable bonds is 5. The Labute approximate surface area is 144 Å². The zero-order chi connectivity index (χ0) is 17.1. The molecule has 1 atom stereocenters. The maximum absolute atomic E-state index is 12.7. The average Bonchev–Trinajstić information content (AvgIpc) is 3.24. The summed E-state index contributed by atoms with van der Waals surface area (Å²) in [6, 6.07) is 7.55. The van der Waals surface area contributed by atoms with Crippen LogP contribution in [0.2, 0.25) is 0 Å². The van der Waals surface area contributed by atoms with E-state index in [1.165, 1.54) is 7.11 Å². The fourth-order valence-electron chi connectivity index (χ4n) is 2.81. The van der Waals surface area contributed by atoms with Crippen LogP contribution in [0.4, 0.5) is 0 Å². The summed E-state index contributed by atoms with van der Waals surface area (Å²) < 4.78 is 9.86. The van der Waals surface area contributed by atoms with Gasteiger partial charge >= 0.3 is 5.97 Å². The largest absolute Gasteiger partial charge is 0.497 e. The third-order valence-electron chi connectivity index (χ3n) is 4.16. The molecule has 2 aromatic rings. The fraction of sp³-hybridized carbons (Fsp3) is 0.412. The monoisotopic (exact) mass is 348 g/mol. The standard InChI is InChI=1S/C17H20N2O4S/c1-22-12-4-3-11-7-15(18-14(11)8-12)17(21)19-6-5-13(9-19)24-10-16(20)23-2/h3-4,7-8,13,18H,5-6,9-10H2,1-2H3. The summed E-state index contributed by atoms with van der Waals surface area (Å²) in [5, 5.41) is 1.26. The Hall–Kier alpha value is -2.15. The Morgan fingerprint density at radius 1 is 1.33 bits per heavy atom. The molecule has 0 aliphatic carbocycles. The maximum Gasteiger partial charge on any atom is 0.315 e. The van der Waals surface area contributed by atoms with Gasteiger partial charge in [0.25, 0.3) is 5.91 Å². The van der Waals surface area contributed by atoms with Gasteiger partial charge in [0.05, 0.1) is 20.0 Å². The van der Waals surface area contributed by atoms with Crippen LogP contribution in [-0.2, 0) is 9.53 Å². The zero-order valence-electron chi connectivity index (χ0n) is 13.7. The van der Waals surface area contributed by atoms with Gasteiger partial charge in [0, 0.05) is 35.3 Å². The first kappa shape index (κ1) is 16.7. The summed E-state index contributed by atoms with van der Waals surface area (Å²) in [5.41, 5.74) is 1.46. The molecule has 6 nitrogen and oxygen atoms in total. The van der Waals surface area contributed by atoms with Crippen molar-refractivity contribution >= 4 is 34.5 Å². The molecule has 2 heterocycles. The zero-order valence-corrected chi connectivity index (χ0v) is 14.5. The van der Waals surface area contributed by atoms with Crippen molar-refractivity contribution in [2.75, 3.05) is 33.1 Å². The van der Waals surface area contributed by atoms with Gasteiger partial charge in [-0.25, -0.2) is 0 Å². The number of nitrogens with one attached hydrogen (secondary N) is 1. The van der Waals surface area contributed by atoms with Crippen molar-refractivity contribution < 1.29 is 19.1 Å². The molecule has 0 radical (unpaired) electrons. The Morgan fingerprint density at radius 2 is 2.17 bits per heavy atom. The summed E-state index contributed by atoms with van der Waals surface area (Å²) in [7, 11) is 3.00. The number of likely N-dealkylation sites (tertiary alicyclic amines) is 1. The number of aromatic nitrogens is 1. The number of esters is 1. The molecule has 1 aromatic carbocycles. The molecule has 128 valence electrons. The molecule has 1 aliphatic rings. The molecule has 1 unspecified atom stereocenters. The van der Waals surface area contributed by atoms with Gasteiger partial charge in [-0.15, -0.1) is 11.8 Å². The van der Waals surface area contributed by atoms with Gasteiger partial charge in [-0.05, 0) is 24.6 Å². The second-order valence-corrected chi connectivity index (χ2v) is 6.97. The lowest BCUT2D eigenvalue weighted by Crippen LogP contribution is -2.29. The first-order valence-electron chi connectivity index (χ1n) is 7.75. The molecule has 1 saturated heterocycles. The second-order valence-electron chi connectivity index (χ2n) is 5.69. The highest BCUT2D eigenvalue weighted by Gasteiger charge is 2.28. The van der Waals surface area contributed by atoms with Gasteiger partial charge in [0.15, 0.2) is 0 Å². The SMILES string of the molecule is COC(=O)CSC1CCN(C(=O)c2cc3ccc(OC)cc3[nH]2)C1. The van der Waals surface area contributed by atoms with Crippen molar-refractivity contribution in [1.82, 2.24) is 9.88 Å². The summed E-state index contributed by atoms with van der Waals surface area (Å²) in [5.74, 6) is 0.847. The van der Waals surface area contributed by atoms with Crippen LogP contribution in [0.1, 0.15) is 16.9 Å². The molecule has 24 heavy (non-hydrogen) atoms. The van der Waals surface area contributed by atoms with E-state index in [9.17, 15) is 9.59 Å². The predicted molar refractivity (Wildman–Crippen MR) is 93.6 cm³/mol. The third kappa shape index (κ3) is 3.51. The molecule has 0 bridgehead atoms. The van der Waals surface area contributed by atoms with E-state index in [0.717, 1.165) is 23.1 Å². The molecule has 1 amide bonds. The molecule has 0 spiro atoms. The highest BCUT2D eigenvalue weighted by molar-refractivity contribution is 8.00. The highest BCUT2D eigenvalue weighted by Crippen LogP contribution is 2.26. The number of hydrogen-bond acceptors (Lipinski definition) is 5. The van der Waals surface area contributed by atoms with E-state index >= 15 is 0 Å². The van der Waals surface area contributed by atoms with Crippen molar-refractivity contribution in [2.24, 2.45) is 0 Å². The van der Waals surface area contributed by atoms with E-state index in [-0.39, 0.29) is 17.1 Å². The van der Waals surface area contributed by atoms with Crippen molar-refractivity contribution in [3.8, 4) is 5.75 Å². The number of H-pyrrole nitrogens is 1. The number of nitrogens with zero attached hydrogens (tertiary/aromatic N) is 1. The maximum atomic E-state index is 12.7. The van der Waals surface area contributed by atoms with Crippen molar-refractivity contribution in [3.63, 3.8) is 0 Å². The number of fused-ring (bicyclic) bond motifs is 1. The Morgan fingerprint density at radius 3 is 2.92 bits per heavy atom. The van der Waals surface area contributed by atoms with E-state index in [1.807, 2.05) is 29.2 Å². The topological polar surface area (TPSA) is 71.6 Å². The lowest BCUT2D eigenvalue weighted by atomic mass is 10.2. The van der Waals surface area contributed by atoms with Crippen molar-refractivity contribution in [3.05, 3.63) is 30.0 Å². The van der Waals surface area contributed by atoms with Gasteiger partial charge in [0.1, 0.15) is 11.4 Å². The smallest absolute Gasteiger partial charge is 0.315 e. The normalized spacial score (nSPS) is 17.2. The van der Waals surface area contributed by atoms with Crippen LogP contribution in [0.15, 0.2) is 24.3 Å². The van der Waals surface area contributed by atoms with E-state index < -0.39 is 0 Å². The van der Waals surface area contributed by atoms with Gasteiger partial charge < -0.3 is 19.4 Å². The summed E-state index contributed by atoms with van der Waals surface area (Å²) >= 11 is 1.55. The molecular formula is C17H20N2O4S. The molecule has 3 rings (SSSR count). The summed E-state index contributed by atoms with van der Waals surface area (Å²) in [6.07, 6.45) is 0.890. The van der Waals surface area contributed by atoms with Gasteiger partial charge in [0.2, 0.25) is 0 Å². The minimum Gasteiger partial charge on any atom is -0.497 e. The number of carbonyl (C=O) groups excluding carboxylic acids is 2. The van der Waals surface area contributed by atoms with Gasteiger partial charge in [-0.2, -0.15) is 0 Å². The Kier molecular flexibility index (Phi) is 4.99. The molecule has 7 heteroatoms. The molecule has 0 saturated carbocycles. The van der Waals surface area contributed by atoms with E-state index in [2.05, 4.69) is 9.72 Å². The number of carbonyl (C=O) groups is 2. The van der Waals surface area contributed by atoms with E-state index in [1.54, 1.807) is 18.9 Å².